The van der Waals surface area contributed by atoms with Crippen molar-refractivity contribution < 1.29 is 64.5 Å². The molecule has 0 aromatic heterocycles. The Kier molecular flexibility index (Phi) is 7.67. The molecule has 3 aliphatic heterocycles. The fourth-order valence-electron chi connectivity index (χ4n) is 3.63. The molecule has 3 rings (SSSR count). The standard InChI is InChI=1S/C17H30O13/c1-4-7(19)10(22)11(23)16(27-4)29-13-8(20)5(2)28-17(12(13)24)30-14-9(21)6(18)3-26-15(14)25/h4-25H,3H2,1-2H3/t4-,5+,6+,7-,8+,9+,10+,11+,12-,13-,14-,15-,16+,17+/m1/s1. The molecule has 0 amide bonds. The lowest BCUT2D eigenvalue weighted by Crippen LogP contribution is -2.64. The average Bonchev–Trinajstić information content (AvgIpc) is 2.71. The van der Waals surface area contributed by atoms with Crippen LogP contribution in [-0.2, 0) is 23.7 Å². The van der Waals surface area contributed by atoms with Crippen molar-refractivity contribution >= 4 is 0 Å². The van der Waals surface area contributed by atoms with E-state index in [0.29, 0.717) is 0 Å². The SMILES string of the molecule is C[C@@H]1O[C@@H](O[C@@H]2[C@@H](O)[C@@H](O)CO[C@H]2O)[C@H](O)[C@H](O[C@@H]2O[C@H](C)[C@@H](O)[C@H](O)[C@@H]2O)[C@H]1O. The van der Waals surface area contributed by atoms with Gasteiger partial charge in [0.1, 0.15) is 54.9 Å². The van der Waals surface area contributed by atoms with Crippen molar-refractivity contribution in [2.24, 2.45) is 0 Å². The van der Waals surface area contributed by atoms with Crippen LogP contribution in [-0.4, -0.2) is 133 Å². The summed E-state index contributed by atoms with van der Waals surface area (Å²) in [5.41, 5.74) is 0. The highest BCUT2D eigenvalue weighted by Crippen LogP contribution is 2.31. The molecule has 0 aliphatic carbocycles. The summed E-state index contributed by atoms with van der Waals surface area (Å²) in [4.78, 5) is 0. The van der Waals surface area contributed by atoms with Crippen molar-refractivity contribution in [1.29, 1.82) is 0 Å². The second-order valence-electron chi connectivity index (χ2n) is 7.86. The fraction of sp³-hybridized carbons (Fsp3) is 1.00. The molecule has 0 aromatic carbocycles. The second kappa shape index (κ2) is 9.54. The fourth-order valence-corrected chi connectivity index (χ4v) is 3.63. The number of ether oxygens (including phenoxy) is 5. The molecular weight excluding hydrogens is 412 g/mol. The maximum absolute atomic E-state index is 10.6. The van der Waals surface area contributed by atoms with Crippen LogP contribution in [0.15, 0.2) is 0 Å². The molecule has 0 spiro atoms. The summed E-state index contributed by atoms with van der Waals surface area (Å²) in [6.07, 6.45) is -20.0. The van der Waals surface area contributed by atoms with Crippen molar-refractivity contribution in [2.45, 2.75) is 99.9 Å². The maximum atomic E-state index is 10.6. The van der Waals surface area contributed by atoms with Gasteiger partial charge in [-0.25, -0.2) is 0 Å². The summed E-state index contributed by atoms with van der Waals surface area (Å²) in [7, 11) is 0. The molecule has 176 valence electrons. The molecule has 13 heteroatoms. The number of aliphatic hydroxyl groups excluding tert-OH is 8. The van der Waals surface area contributed by atoms with Gasteiger partial charge >= 0.3 is 0 Å². The van der Waals surface area contributed by atoms with Gasteiger partial charge in [0, 0.05) is 0 Å². The van der Waals surface area contributed by atoms with Crippen LogP contribution in [0.2, 0.25) is 0 Å². The first-order chi connectivity index (χ1) is 14.0. The first-order valence-electron chi connectivity index (χ1n) is 9.71. The van der Waals surface area contributed by atoms with E-state index in [4.69, 9.17) is 23.7 Å². The van der Waals surface area contributed by atoms with Crippen molar-refractivity contribution in [2.75, 3.05) is 6.61 Å². The summed E-state index contributed by atoms with van der Waals surface area (Å²) < 4.78 is 26.6. The highest BCUT2D eigenvalue weighted by Gasteiger charge is 2.51. The Morgan fingerprint density at radius 2 is 1.13 bits per heavy atom. The normalized spacial score (nSPS) is 55.4. The summed E-state index contributed by atoms with van der Waals surface area (Å²) in [5.74, 6) is 0. The Bertz CT molecular complexity index is 566. The lowest BCUT2D eigenvalue weighted by atomic mass is 9.97. The smallest absolute Gasteiger partial charge is 0.187 e. The molecule has 13 nitrogen and oxygen atoms in total. The highest BCUT2D eigenvalue weighted by atomic mass is 16.7. The number of aliphatic hydroxyl groups is 8. The van der Waals surface area contributed by atoms with Gasteiger partial charge in [-0.05, 0) is 13.8 Å². The Balaban J connectivity index is 1.72. The minimum Gasteiger partial charge on any atom is -0.388 e. The van der Waals surface area contributed by atoms with E-state index in [1.54, 1.807) is 0 Å². The topological polar surface area (TPSA) is 208 Å². The summed E-state index contributed by atoms with van der Waals surface area (Å²) in [6.45, 7) is 2.57. The van der Waals surface area contributed by atoms with Crippen LogP contribution in [0, 0.1) is 0 Å². The van der Waals surface area contributed by atoms with Gasteiger partial charge in [0.25, 0.3) is 0 Å². The molecule has 14 atom stereocenters. The molecule has 30 heavy (non-hydrogen) atoms. The zero-order chi connectivity index (χ0) is 22.3. The van der Waals surface area contributed by atoms with Crippen molar-refractivity contribution in [3.63, 3.8) is 0 Å². The quantitative estimate of drug-likeness (QED) is 0.206. The Labute approximate surface area is 171 Å². The van der Waals surface area contributed by atoms with Gasteiger partial charge < -0.3 is 64.5 Å². The van der Waals surface area contributed by atoms with E-state index in [9.17, 15) is 40.9 Å². The van der Waals surface area contributed by atoms with Gasteiger partial charge in [-0.1, -0.05) is 0 Å². The van der Waals surface area contributed by atoms with Gasteiger partial charge in [-0.2, -0.15) is 0 Å². The first-order valence-corrected chi connectivity index (χ1v) is 9.71. The predicted octanol–water partition coefficient (Wildman–Crippen LogP) is -4.88. The molecular formula is C17H30O13. The second-order valence-corrected chi connectivity index (χ2v) is 7.86. The van der Waals surface area contributed by atoms with Crippen molar-refractivity contribution in [3.8, 4) is 0 Å². The van der Waals surface area contributed by atoms with Gasteiger partial charge in [0.05, 0.1) is 18.8 Å². The lowest BCUT2D eigenvalue weighted by molar-refractivity contribution is -0.373. The highest BCUT2D eigenvalue weighted by molar-refractivity contribution is 4.93. The van der Waals surface area contributed by atoms with Crippen LogP contribution in [0.25, 0.3) is 0 Å². The molecule has 3 saturated heterocycles. The van der Waals surface area contributed by atoms with Crippen LogP contribution in [0.4, 0.5) is 0 Å². The summed E-state index contributed by atoms with van der Waals surface area (Å²) in [5, 5.41) is 80.5. The number of hydrogen-bond acceptors (Lipinski definition) is 13. The Hall–Kier alpha value is -0.520. The molecule has 0 radical (unpaired) electrons. The van der Waals surface area contributed by atoms with Gasteiger partial charge in [-0.15, -0.1) is 0 Å². The van der Waals surface area contributed by atoms with Gasteiger partial charge in [0.15, 0.2) is 18.9 Å². The van der Waals surface area contributed by atoms with Crippen LogP contribution >= 0.6 is 0 Å². The third-order valence-corrected chi connectivity index (χ3v) is 5.62. The molecule has 0 aromatic rings. The number of rotatable bonds is 4. The predicted molar refractivity (Wildman–Crippen MR) is 92.4 cm³/mol. The molecule has 0 bridgehead atoms. The van der Waals surface area contributed by atoms with E-state index < -0.39 is 86.0 Å². The molecule has 3 aliphatic rings. The van der Waals surface area contributed by atoms with E-state index in [1.165, 1.54) is 13.8 Å². The molecule has 3 fully saturated rings. The third-order valence-electron chi connectivity index (χ3n) is 5.62. The maximum Gasteiger partial charge on any atom is 0.187 e. The zero-order valence-electron chi connectivity index (χ0n) is 16.4. The van der Waals surface area contributed by atoms with Crippen LogP contribution in [0.5, 0.6) is 0 Å². The van der Waals surface area contributed by atoms with Crippen LogP contribution < -0.4 is 0 Å². The molecule has 8 N–H and O–H groups in total. The molecule has 3 heterocycles. The van der Waals surface area contributed by atoms with E-state index in [0.717, 1.165) is 0 Å². The van der Waals surface area contributed by atoms with Gasteiger partial charge in [0.2, 0.25) is 0 Å². The van der Waals surface area contributed by atoms with E-state index in [-0.39, 0.29) is 6.61 Å². The first kappa shape index (κ1) is 24.1. The minimum absolute atomic E-state index is 0.319. The summed E-state index contributed by atoms with van der Waals surface area (Å²) >= 11 is 0. The number of hydrogen-bond donors (Lipinski definition) is 8. The lowest BCUT2D eigenvalue weighted by Gasteiger charge is -2.46. The van der Waals surface area contributed by atoms with E-state index in [1.807, 2.05) is 0 Å². The van der Waals surface area contributed by atoms with Crippen molar-refractivity contribution in [3.05, 3.63) is 0 Å². The Morgan fingerprint density at radius 3 is 1.77 bits per heavy atom. The van der Waals surface area contributed by atoms with E-state index in [2.05, 4.69) is 0 Å². The van der Waals surface area contributed by atoms with E-state index >= 15 is 0 Å². The summed E-state index contributed by atoms with van der Waals surface area (Å²) in [6, 6.07) is 0. The Morgan fingerprint density at radius 1 is 0.600 bits per heavy atom. The van der Waals surface area contributed by atoms with Crippen LogP contribution in [0.3, 0.4) is 0 Å². The zero-order valence-corrected chi connectivity index (χ0v) is 16.4. The average molecular weight is 442 g/mol. The van der Waals surface area contributed by atoms with Crippen LogP contribution in [0.1, 0.15) is 13.8 Å². The monoisotopic (exact) mass is 442 g/mol. The minimum atomic E-state index is -1.69. The molecule has 0 saturated carbocycles. The molecule has 0 unspecified atom stereocenters. The largest absolute Gasteiger partial charge is 0.388 e. The third kappa shape index (κ3) is 4.63. The van der Waals surface area contributed by atoms with Gasteiger partial charge in [-0.3, -0.25) is 0 Å². The van der Waals surface area contributed by atoms with Crippen molar-refractivity contribution in [1.82, 2.24) is 0 Å².